The standard InChI is InChI=1S/C21H20BrN5O2/c1-12-9-14(22)5-7-17(12)27-20(28)16(13(2)24-27)11-23-15-6-8-18-19(10-15)26(4)21(29)25(18)3/h5-11,24H,1-4H3. The Balaban J connectivity index is 1.75. The fourth-order valence-corrected chi connectivity index (χ4v) is 3.94. The molecule has 148 valence electrons. The fraction of sp³-hybridized carbons (Fsp3) is 0.190. The smallest absolute Gasteiger partial charge is 0.295 e. The molecule has 2 aromatic heterocycles. The number of aliphatic imine (C=N–C) groups is 1. The minimum absolute atomic E-state index is 0.0876. The first kappa shape index (κ1) is 19.2. The van der Waals surface area contributed by atoms with Gasteiger partial charge >= 0.3 is 5.69 Å². The molecule has 0 aliphatic rings. The van der Waals surface area contributed by atoms with Crippen LogP contribution in [-0.4, -0.2) is 25.1 Å². The van der Waals surface area contributed by atoms with Crippen molar-refractivity contribution < 1.29 is 0 Å². The molecule has 1 N–H and O–H groups in total. The van der Waals surface area contributed by atoms with Crippen LogP contribution in [0.1, 0.15) is 16.8 Å². The van der Waals surface area contributed by atoms with Gasteiger partial charge in [0.1, 0.15) is 0 Å². The molecule has 2 aromatic carbocycles. The number of H-pyrrole nitrogens is 1. The third-order valence-electron chi connectivity index (χ3n) is 5.12. The van der Waals surface area contributed by atoms with Gasteiger partial charge in [0, 0.05) is 30.5 Å². The SMILES string of the molecule is Cc1cc(Br)ccc1-n1[nH]c(C)c(C=Nc2ccc3c(c2)n(C)c(=O)n3C)c1=O. The Bertz CT molecular complexity index is 1400. The molecule has 0 spiro atoms. The summed E-state index contributed by atoms with van der Waals surface area (Å²) >= 11 is 3.44. The van der Waals surface area contributed by atoms with Crippen LogP contribution >= 0.6 is 15.9 Å². The van der Waals surface area contributed by atoms with Gasteiger partial charge in [-0.15, -0.1) is 0 Å². The molecule has 29 heavy (non-hydrogen) atoms. The second-order valence-corrected chi connectivity index (χ2v) is 7.97. The molecule has 7 nitrogen and oxygen atoms in total. The number of aryl methyl sites for hydroxylation is 4. The lowest BCUT2D eigenvalue weighted by molar-refractivity contribution is 0.795. The fourth-order valence-electron chi connectivity index (χ4n) is 3.47. The van der Waals surface area contributed by atoms with Gasteiger partial charge in [-0.1, -0.05) is 15.9 Å². The van der Waals surface area contributed by atoms with Gasteiger partial charge in [0.05, 0.1) is 28.0 Å². The van der Waals surface area contributed by atoms with Crippen molar-refractivity contribution in [2.24, 2.45) is 19.1 Å². The minimum Gasteiger partial charge on any atom is -0.295 e. The quantitative estimate of drug-likeness (QED) is 0.482. The molecule has 2 heterocycles. The first-order chi connectivity index (χ1) is 13.8. The predicted molar refractivity (Wildman–Crippen MR) is 119 cm³/mol. The average Bonchev–Trinajstić information content (AvgIpc) is 3.08. The molecule has 0 radical (unpaired) electrons. The molecule has 0 unspecified atom stereocenters. The molecular formula is C21H20BrN5O2. The van der Waals surface area contributed by atoms with Crippen molar-refractivity contribution >= 4 is 38.9 Å². The largest absolute Gasteiger partial charge is 0.328 e. The van der Waals surface area contributed by atoms with Crippen LogP contribution in [-0.2, 0) is 14.1 Å². The summed E-state index contributed by atoms with van der Waals surface area (Å²) in [4.78, 5) is 29.5. The number of aromatic amines is 1. The van der Waals surface area contributed by atoms with Crippen molar-refractivity contribution in [2.75, 3.05) is 0 Å². The number of nitrogens with one attached hydrogen (secondary N) is 1. The summed E-state index contributed by atoms with van der Waals surface area (Å²) in [6.45, 7) is 3.80. The molecular weight excluding hydrogens is 434 g/mol. The highest BCUT2D eigenvalue weighted by Crippen LogP contribution is 2.21. The van der Waals surface area contributed by atoms with Gasteiger partial charge in [-0.3, -0.25) is 24.0 Å². The summed E-state index contributed by atoms with van der Waals surface area (Å²) in [5, 5.41) is 3.12. The lowest BCUT2D eigenvalue weighted by Gasteiger charge is -2.06. The van der Waals surface area contributed by atoms with Gasteiger partial charge in [0.15, 0.2) is 0 Å². The van der Waals surface area contributed by atoms with E-state index in [9.17, 15) is 9.59 Å². The van der Waals surface area contributed by atoms with Crippen molar-refractivity contribution in [1.29, 1.82) is 0 Å². The van der Waals surface area contributed by atoms with E-state index in [2.05, 4.69) is 26.0 Å². The molecule has 0 saturated carbocycles. The lowest BCUT2D eigenvalue weighted by atomic mass is 10.2. The molecule has 0 aliphatic heterocycles. The van der Waals surface area contributed by atoms with Crippen LogP contribution in [0.5, 0.6) is 0 Å². The highest BCUT2D eigenvalue weighted by Gasteiger charge is 2.13. The summed E-state index contributed by atoms with van der Waals surface area (Å²) in [5.74, 6) is 0. The number of hydrogen-bond acceptors (Lipinski definition) is 3. The van der Waals surface area contributed by atoms with E-state index < -0.39 is 0 Å². The van der Waals surface area contributed by atoms with Crippen LogP contribution < -0.4 is 11.2 Å². The summed E-state index contributed by atoms with van der Waals surface area (Å²) in [6, 6.07) is 11.3. The molecule has 0 fully saturated rings. The second kappa shape index (κ2) is 7.04. The van der Waals surface area contributed by atoms with E-state index in [1.165, 1.54) is 4.68 Å². The van der Waals surface area contributed by atoms with Crippen molar-refractivity contribution in [3.63, 3.8) is 0 Å². The van der Waals surface area contributed by atoms with E-state index in [0.29, 0.717) is 11.3 Å². The lowest BCUT2D eigenvalue weighted by Crippen LogP contribution is -2.19. The summed E-state index contributed by atoms with van der Waals surface area (Å²) in [6.07, 6.45) is 1.57. The van der Waals surface area contributed by atoms with Crippen LogP contribution in [0.25, 0.3) is 16.7 Å². The molecule has 0 saturated heterocycles. The van der Waals surface area contributed by atoms with Crippen LogP contribution in [0, 0.1) is 13.8 Å². The van der Waals surface area contributed by atoms with Crippen LogP contribution in [0.2, 0.25) is 0 Å². The zero-order chi connectivity index (χ0) is 20.9. The highest BCUT2D eigenvalue weighted by molar-refractivity contribution is 9.10. The summed E-state index contributed by atoms with van der Waals surface area (Å²) in [5.41, 5.74) is 5.04. The number of aromatic nitrogens is 4. The predicted octanol–water partition coefficient (Wildman–Crippen LogP) is 3.49. The number of nitrogens with zero attached hydrogens (tertiary/aromatic N) is 4. The highest BCUT2D eigenvalue weighted by atomic mass is 79.9. The van der Waals surface area contributed by atoms with Gasteiger partial charge < -0.3 is 0 Å². The Morgan fingerprint density at radius 3 is 2.45 bits per heavy atom. The Morgan fingerprint density at radius 1 is 1.00 bits per heavy atom. The van der Waals surface area contributed by atoms with E-state index in [4.69, 9.17) is 0 Å². The Kier molecular flexibility index (Phi) is 4.66. The van der Waals surface area contributed by atoms with Crippen molar-refractivity contribution in [1.82, 2.24) is 18.9 Å². The van der Waals surface area contributed by atoms with Gasteiger partial charge in [0.25, 0.3) is 5.56 Å². The van der Waals surface area contributed by atoms with E-state index in [1.807, 2.05) is 50.2 Å². The Morgan fingerprint density at radius 2 is 1.72 bits per heavy atom. The normalized spacial score (nSPS) is 11.8. The third kappa shape index (κ3) is 3.19. The topological polar surface area (TPSA) is 77.1 Å². The van der Waals surface area contributed by atoms with Crippen molar-refractivity contribution in [3.8, 4) is 5.69 Å². The van der Waals surface area contributed by atoms with Gasteiger partial charge in [-0.25, -0.2) is 9.48 Å². The molecule has 0 atom stereocenters. The van der Waals surface area contributed by atoms with Crippen molar-refractivity contribution in [2.45, 2.75) is 13.8 Å². The third-order valence-corrected chi connectivity index (χ3v) is 5.61. The molecule has 0 amide bonds. The summed E-state index contributed by atoms with van der Waals surface area (Å²) < 4.78 is 5.67. The number of fused-ring (bicyclic) bond motifs is 1. The Hall–Kier alpha value is -3.13. The van der Waals surface area contributed by atoms with E-state index >= 15 is 0 Å². The zero-order valence-electron chi connectivity index (χ0n) is 16.5. The number of imidazole rings is 1. The number of rotatable bonds is 3. The van der Waals surface area contributed by atoms with E-state index in [1.54, 1.807) is 29.4 Å². The van der Waals surface area contributed by atoms with Crippen molar-refractivity contribution in [3.05, 3.63) is 78.5 Å². The first-order valence-corrected chi connectivity index (χ1v) is 9.85. The van der Waals surface area contributed by atoms with Gasteiger partial charge in [-0.05, 0) is 55.8 Å². The van der Waals surface area contributed by atoms with Crippen LogP contribution in [0.15, 0.2) is 55.5 Å². The maximum absolute atomic E-state index is 12.9. The maximum Gasteiger partial charge on any atom is 0.328 e. The molecule has 0 aliphatic carbocycles. The van der Waals surface area contributed by atoms with Crippen LogP contribution in [0.4, 0.5) is 5.69 Å². The Labute approximate surface area is 175 Å². The number of hydrogen-bond donors (Lipinski definition) is 1. The number of halogens is 1. The van der Waals surface area contributed by atoms with E-state index in [-0.39, 0.29) is 11.2 Å². The van der Waals surface area contributed by atoms with Gasteiger partial charge in [-0.2, -0.15) is 0 Å². The average molecular weight is 454 g/mol. The molecule has 0 bridgehead atoms. The molecule has 8 heteroatoms. The van der Waals surface area contributed by atoms with Gasteiger partial charge in [0.2, 0.25) is 0 Å². The maximum atomic E-state index is 12.9. The summed E-state index contributed by atoms with van der Waals surface area (Å²) in [7, 11) is 3.47. The molecule has 4 rings (SSSR count). The molecule has 4 aromatic rings. The monoisotopic (exact) mass is 453 g/mol. The number of benzene rings is 2. The first-order valence-electron chi connectivity index (χ1n) is 9.05. The van der Waals surface area contributed by atoms with E-state index in [0.717, 1.165) is 32.5 Å². The minimum atomic E-state index is -0.162. The zero-order valence-corrected chi connectivity index (χ0v) is 18.1. The second-order valence-electron chi connectivity index (χ2n) is 7.05. The van der Waals surface area contributed by atoms with Crippen LogP contribution in [0.3, 0.4) is 0 Å².